The third kappa shape index (κ3) is 5.00. The van der Waals surface area contributed by atoms with Crippen molar-refractivity contribution in [3.8, 4) is 0 Å². The van der Waals surface area contributed by atoms with E-state index in [0.29, 0.717) is 0 Å². The Kier molecular flexibility index (Phi) is 5.91. The van der Waals surface area contributed by atoms with E-state index in [0.717, 1.165) is 22.0 Å². The summed E-state index contributed by atoms with van der Waals surface area (Å²) in [5.41, 5.74) is 1.77. The highest BCUT2D eigenvalue weighted by Gasteiger charge is 2.06. The van der Waals surface area contributed by atoms with Crippen LogP contribution in [-0.4, -0.2) is 18.2 Å². The molecule has 3 nitrogen and oxygen atoms in total. The molecule has 1 amide bonds. The lowest BCUT2D eigenvalue weighted by atomic mass is 10.3. The molecule has 0 aromatic heterocycles. The van der Waals surface area contributed by atoms with Gasteiger partial charge in [-0.25, -0.2) is 0 Å². The van der Waals surface area contributed by atoms with Crippen molar-refractivity contribution >= 4 is 29.0 Å². The zero-order valence-electron chi connectivity index (χ0n) is 11.7. The minimum atomic E-state index is -0.0643. The number of rotatable bonds is 7. The molecule has 0 saturated carbocycles. The van der Waals surface area contributed by atoms with Crippen LogP contribution in [0, 0.1) is 0 Å². The second kappa shape index (κ2) is 8.17. The Morgan fingerprint density at radius 2 is 1.81 bits per heavy atom. The van der Waals surface area contributed by atoms with Crippen molar-refractivity contribution in [2.45, 2.75) is 4.90 Å². The van der Waals surface area contributed by atoms with Gasteiger partial charge in [-0.3, -0.25) is 4.79 Å². The maximum Gasteiger partial charge on any atom is 0.243 e. The standard InChI is InChI=1S/C17H18N2OS/c1-2-12-21-16-11-7-6-10-15(16)19-17(20)13-18-14-8-4-3-5-9-14/h2-11,18H,1,12-13H2,(H,19,20). The van der Waals surface area contributed by atoms with Gasteiger partial charge in [0.15, 0.2) is 0 Å². The van der Waals surface area contributed by atoms with E-state index < -0.39 is 0 Å². The van der Waals surface area contributed by atoms with E-state index in [1.807, 2.05) is 60.7 Å². The van der Waals surface area contributed by atoms with E-state index in [1.165, 1.54) is 0 Å². The molecule has 0 aliphatic carbocycles. The molecule has 0 aliphatic heterocycles. The third-order valence-electron chi connectivity index (χ3n) is 2.74. The quantitative estimate of drug-likeness (QED) is 0.599. The lowest BCUT2D eigenvalue weighted by Crippen LogP contribution is -2.22. The van der Waals surface area contributed by atoms with Gasteiger partial charge in [-0.1, -0.05) is 36.4 Å². The predicted octanol–water partition coefficient (Wildman–Crippen LogP) is 4.02. The van der Waals surface area contributed by atoms with Gasteiger partial charge in [0.05, 0.1) is 12.2 Å². The molecule has 21 heavy (non-hydrogen) atoms. The number of thioether (sulfide) groups is 1. The van der Waals surface area contributed by atoms with Crippen molar-refractivity contribution in [2.24, 2.45) is 0 Å². The SMILES string of the molecule is C=CCSc1ccccc1NC(=O)CNc1ccccc1. The van der Waals surface area contributed by atoms with Gasteiger partial charge >= 0.3 is 0 Å². The van der Waals surface area contributed by atoms with E-state index >= 15 is 0 Å². The molecule has 0 spiro atoms. The summed E-state index contributed by atoms with van der Waals surface area (Å²) in [6.45, 7) is 3.95. The number of amides is 1. The average Bonchev–Trinajstić information content (AvgIpc) is 2.53. The fourth-order valence-electron chi connectivity index (χ4n) is 1.78. The van der Waals surface area contributed by atoms with Crippen LogP contribution in [0.4, 0.5) is 11.4 Å². The van der Waals surface area contributed by atoms with Gasteiger partial charge in [0.1, 0.15) is 0 Å². The first-order valence-electron chi connectivity index (χ1n) is 6.71. The number of nitrogens with one attached hydrogen (secondary N) is 2. The fourth-order valence-corrected chi connectivity index (χ4v) is 2.52. The summed E-state index contributed by atoms with van der Waals surface area (Å²) in [5.74, 6) is 0.750. The maximum absolute atomic E-state index is 12.0. The van der Waals surface area contributed by atoms with Crippen LogP contribution in [0.25, 0.3) is 0 Å². The van der Waals surface area contributed by atoms with Crippen molar-refractivity contribution in [1.82, 2.24) is 0 Å². The number of para-hydroxylation sites is 2. The van der Waals surface area contributed by atoms with Crippen LogP contribution in [0.2, 0.25) is 0 Å². The van der Waals surface area contributed by atoms with Crippen LogP contribution in [0.5, 0.6) is 0 Å². The Labute approximate surface area is 129 Å². The second-order valence-electron chi connectivity index (χ2n) is 4.36. The smallest absolute Gasteiger partial charge is 0.243 e. The van der Waals surface area contributed by atoms with Crippen LogP contribution in [0.15, 0.2) is 72.1 Å². The zero-order valence-corrected chi connectivity index (χ0v) is 12.5. The molecule has 0 saturated heterocycles. The summed E-state index contributed by atoms with van der Waals surface area (Å²) in [5, 5.41) is 6.03. The lowest BCUT2D eigenvalue weighted by Gasteiger charge is -2.11. The number of carbonyl (C=O) groups is 1. The predicted molar refractivity (Wildman–Crippen MR) is 90.9 cm³/mol. The first kappa shape index (κ1) is 15.2. The van der Waals surface area contributed by atoms with Gasteiger partial charge in [0.2, 0.25) is 5.91 Å². The van der Waals surface area contributed by atoms with Crippen LogP contribution < -0.4 is 10.6 Å². The summed E-state index contributed by atoms with van der Waals surface area (Å²) in [7, 11) is 0. The summed E-state index contributed by atoms with van der Waals surface area (Å²) in [6.07, 6.45) is 1.85. The molecule has 0 unspecified atom stereocenters. The Morgan fingerprint density at radius 1 is 1.10 bits per heavy atom. The van der Waals surface area contributed by atoms with Crippen molar-refractivity contribution in [2.75, 3.05) is 22.9 Å². The molecular weight excluding hydrogens is 280 g/mol. The van der Waals surface area contributed by atoms with Gasteiger partial charge in [0.25, 0.3) is 0 Å². The van der Waals surface area contributed by atoms with Gasteiger partial charge in [-0.15, -0.1) is 18.3 Å². The van der Waals surface area contributed by atoms with Crippen LogP contribution in [-0.2, 0) is 4.79 Å². The molecule has 0 aliphatic rings. The minimum absolute atomic E-state index is 0.0643. The summed E-state index contributed by atoms with van der Waals surface area (Å²) in [4.78, 5) is 13.1. The van der Waals surface area contributed by atoms with Crippen molar-refractivity contribution in [1.29, 1.82) is 0 Å². The number of hydrogen-bond donors (Lipinski definition) is 2. The lowest BCUT2D eigenvalue weighted by molar-refractivity contribution is -0.114. The van der Waals surface area contributed by atoms with E-state index in [4.69, 9.17) is 0 Å². The Hall–Kier alpha value is -2.20. The molecule has 2 aromatic rings. The molecule has 0 heterocycles. The first-order valence-corrected chi connectivity index (χ1v) is 7.69. The molecule has 2 aromatic carbocycles. The number of benzene rings is 2. The van der Waals surface area contributed by atoms with Crippen LogP contribution >= 0.6 is 11.8 Å². The van der Waals surface area contributed by atoms with E-state index in [1.54, 1.807) is 11.8 Å². The Bertz CT molecular complexity index is 599. The summed E-state index contributed by atoms with van der Waals surface area (Å²) in [6, 6.07) is 17.4. The topological polar surface area (TPSA) is 41.1 Å². The maximum atomic E-state index is 12.0. The zero-order chi connectivity index (χ0) is 14.9. The molecule has 108 valence electrons. The van der Waals surface area contributed by atoms with Crippen molar-refractivity contribution in [3.63, 3.8) is 0 Å². The summed E-state index contributed by atoms with van der Waals surface area (Å²) < 4.78 is 0. The highest BCUT2D eigenvalue weighted by atomic mass is 32.2. The van der Waals surface area contributed by atoms with E-state index in [-0.39, 0.29) is 12.5 Å². The molecule has 0 bridgehead atoms. The second-order valence-corrected chi connectivity index (χ2v) is 5.43. The molecule has 2 rings (SSSR count). The molecule has 2 N–H and O–H groups in total. The highest BCUT2D eigenvalue weighted by molar-refractivity contribution is 7.99. The van der Waals surface area contributed by atoms with Gasteiger partial charge < -0.3 is 10.6 Å². The number of anilines is 2. The van der Waals surface area contributed by atoms with Crippen LogP contribution in [0.3, 0.4) is 0 Å². The average molecular weight is 298 g/mol. The van der Waals surface area contributed by atoms with Gasteiger partial charge in [0, 0.05) is 16.3 Å². The van der Waals surface area contributed by atoms with Gasteiger partial charge in [-0.05, 0) is 24.3 Å². The normalized spacial score (nSPS) is 9.90. The number of carbonyl (C=O) groups excluding carboxylic acids is 1. The van der Waals surface area contributed by atoms with Crippen LogP contribution in [0.1, 0.15) is 0 Å². The highest BCUT2D eigenvalue weighted by Crippen LogP contribution is 2.26. The van der Waals surface area contributed by atoms with E-state index in [9.17, 15) is 4.79 Å². The molecule has 0 fully saturated rings. The van der Waals surface area contributed by atoms with Crippen molar-refractivity contribution in [3.05, 3.63) is 67.3 Å². The third-order valence-corrected chi connectivity index (χ3v) is 3.81. The van der Waals surface area contributed by atoms with Crippen molar-refractivity contribution < 1.29 is 4.79 Å². The Morgan fingerprint density at radius 3 is 2.57 bits per heavy atom. The summed E-state index contributed by atoms with van der Waals surface area (Å²) >= 11 is 1.65. The molecule has 0 radical (unpaired) electrons. The largest absolute Gasteiger partial charge is 0.376 e. The fraction of sp³-hybridized carbons (Fsp3) is 0.118. The monoisotopic (exact) mass is 298 g/mol. The number of hydrogen-bond acceptors (Lipinski definition) is 3. The van der Waals surface area contributed by atoms with E-state index in [2.05, 4.69) is 17.2 Å². The molecule has 0 atom stereocenters. The molecule has 4 heteroatoms. The molecular formula is C17H18N2OS. The minimum Gasteiger partial charge on any atom is -0.376 e. The van der Waals surface area contributed by atoms with Gasteiger partial charge in [-0.2, -0.15) is 0 Å². The first-order chi connectivity index (χ1) is 10.3. The Balaban J connectivity index is 1.91.